The van der Waals surface area contributed by atoms with Gasteiger partial charge in [-0.1, -0.05) is 0 Å². The highest BCUT2D eigenvalue weighted by atomic mass is 19.1. The van der Waals surface area contributed by atoms with Gasteiger partial charge in [-0.3, -0.25) is 10.1 Å². The van der Waals surface area contributed by atoms with Crippen LogP contribution in [0.25, 0.3) is 11.4 Å². The zero-order valence-corrected chi connectivity index (χ0v) is 11.1. The maximum absolute atomic E-state index is 14.1. The Morgan fingerprint density at radius 3 is 2.50 bits per heavy atom. The first-order valence-corrected chi connectivity index (χ1v) is 5.76. The largest absolute Gasteiger partial charge is 0.308 e. The van der Waals surface area contributed by atoms with Crippen molar-refractivity contribution in [1.82, 2.24) is 14.8 Å². The minimum absolute atomic E-state index is 0.0394. The smallest absolute Gasteiger partial charge is 0.308 e. The molecule has 20 heavy (non-hydrogen) atoms. The molecule has 0 aliphatic carbocycles. The number of nitro groups is 1. The Hall–Kier alpha value is -2.38. The molecular formula is C12H12F2N4O2. The van der Waals surface area contributed by atoms with Crippen LogP contribution >= 0.6 is 0 Å². The van der Waals surface area contributed by atoms with Crippen molar-refractivity contribution in [2.24, 2.45) is 0 Å². The Morgan fingerprint density at radius 2 is 1.95 bits per heavy atom. The summed E-state index contributed by atoms with van der Waals surface area (Å²) in [6.45, 7) is 5.47. The average molecular weight is 282 g/mol. The third-order valence-corrected chi connectivity index (χ3v) is 2.73. The molecule has 0 radical (unpaired) electrons. The summed E-state index contributed by atoms with van der Waals surface area (Å²) in [5.41, 5.74) is -1.69. The van der Waals surface area contributed by atoms with E-state index in [2.05, 4.69) is 10.2 Å². The van der Waals surface area contributed by atoms with Crippen LogP contribution in [0.2, 0.25) is 0 Å². The zero-order valence-electron chi connectivity index (χ0n) is 11.1. The summed E-state index contributed by atoms with van der Waals surface area (Å²) in [5, 5.41) is 18.1. The molecule has 2 rings (SSSR count). The first-order valence-electron chi connectivity index (χ1n) is 5.76. The quantitative estimate of drug-likeness (QED) is 0.627. The molecule has 0 fully saturated rings. The van der Waals surface area contributed by atoms with E-state index < -0.39 is 27.8 Å². The van der Waals surface area contributed by atoms with E-state index in [1.54, 1.807) is 0 Å². The number of halogens is 2. The molecular weight excluding hydrogens is 270 g/mol. The lowest BCUT2D eigenvalue weighted by Gasteiger charge is -2.22. The van der Waals surface area contributed by atoms with Crippen molar-refractivity contribution in [3.8, 4) is 11.4 Å². The van der Waals surface area contributed by atoms with E-state index in [1.807, 2.05) is 20.8 Å². The fourth-order valence-corrected chi connectivity index (χ4v) is 1.78. The minimum Gasteiger partial charge on any atom is -0.308 e. The minimum atomic E-state index is -1.13. The average Bonchev–Trinajstić information content (AvgIpc) is 2.80. The Labute approximate surface area is 113 Å². The van der Waals surface area contributed by atoms with Crippen LogP contribution in [0.4, 0.5) is 14.5 Å². The fourth-order valence-electron chi connectivity index (χ4n) is 1.78. The van der Waals surface area contributed by atoms with Crippen molar-refractivity contribution in [2.45, 2.75) is 26.3 Å². The summed E-state index contributed by atoms with van der Waals surface area (Å²) >= 11 is 0. The highest BCUT2D eigenvalue weighted by Gasteiger charge is 2.26. The zero-order chi connectivity index (χ0) is 15.1. The number of benzene rings is 1. The first-order chi connectivity index (χ1) is 9.21. The number of hydrogen-bond acceptors (Lipinski definition) is 4. The number of aromatic nitrogens is 3. The summed E-state index contributed by atoms with van der Waals surface area (Å²) < 4.78 is 29.1. The molecule has 0 N–H and O–H groups in total. The molecule has 0 saturated carbocycles. The second-order valence-corrected chi connectivity index (χ2v) is 5.24. The van der Waals surface area contributed by atoms with E-state index in [1.165, 1.54) is 10.9 Å². The van der Waals surface area contributed by atoms with Crippen LogP contribution in [0, 0.1) is 21.7 Å². The van der Waals surface area contributed by atoms with E-state index in [-0.39, 0.29) is 11.4 Å². The molecule has 0 spiro atoms. The predicted molar refractivity (Wildman–Crippen MR) is 67.0 cm³/mol. The second-order valence-electron chi connectivity index (χ2n) is 5.24. The molecule has 1 aromatic heterocycles. The maximum atomic E-state index is 14.1. The lowest BCUT2D eigenvalue weighted by molar-refractivity contribution is -0.387. The molecule has 0 atom stereocenters. The van der Waals surface area contributed by atoms with Crippen LogP contribution < -0.4 is 0 Å². The Balaban J connectivity index is 2.71. The molecule has 6 nitrogen and oxygen atoms in total. The second kappa shape index (κ2) is 4.62. The van der Waals surface area contributed by atoms with E-state index in [0.29, 0.717) is 6.07 Å². The molecule has 1 aromatic carbocycles. The highest BCUT2D eigenvalue weighted by molar-refractivity contribution is 5.61. The number of nitrogens with zero attached hydrogens (tertiary/aromatic N) is 4. The summed E-state index contributed by atoms with van der Waals surface area (Å²) in [5.74, 6) is -2.00. The Morgan fingerprint density at radius 1 is 1.30 bits per heavy atom. The van der Waals surface area contributed by atoms with Gasteiger partial charge in [0.15, 0.2) is 5.82 Å². The molecule has 0 amide bonds. The van der Waals surface area contributed by atoms with Crippen molar-refractivity contribution in [3.63, 3.8) is 0 Å². The van der Waals surface area contributed by atoms with Crippen molar-refractivity contribution >= 4 is 5.69 Å². The summed E-state index contributed by atoms with van der Waals surface area (Å²) in [6.07, 6.45) is 1.37. The monoisotopic (exact) mass is 282 g/mol. The molecule has 0 bridgehead atoms. The number of hydrogen-bond donors (Lipinski definition) is 0. The standard InChI is InChI=1S/C12H12F2N4O2/c1-12(2,3)17-6-15-16-11(17)8-4-7(13)5-9(10(8)14)18(19)20/h4-6H,1-3H3. The third kappa shape index (κ3) is 2.36. The van der Waals surface area contributed by atoms with E-state index in [4.69, 9.17) is 0 Å². The first kappa shape index (κ1) is 14.0. The van der Waals surface area contributed by atoms with Gasteiger partial charge in [0.25, 0.3) is 0 Å². The van der Waals surface area contributed by atoms with Gasteiger partial charge in [-0.05, 0) is 26.8 Å². The normalized spacial score (nSPS) is 11.7. The lowest BCUT2D eigenvalue weighted by atomic mass is 10.1. The summed E-state index contributed by atoms with van der Waals surface area (Å²) in [7, 11) is 0. The molecule has 0 saturated heterocycles. The van der Waals surface area contributed by atoms with Gasteiger partial charge in [-0.2, -0.15) is 4.39 Å². The molecule has 0 aliphatic heterocycles. The van der Waals surface area contributed by atoms with E-state index in [0.717, 1.165) is 6.07 Å². The van der Waals surface area contributed by atoms with E-state index >= 15 is 0 Å². The molecule has 0 aliphatic rings. The number of rotatable bonds is 2. The maximum Gasteiger partial charge on any atom is 0.308 e. The van der Waals surface area contributed by atoms with Crippen LogP contribution in [0.3, 0.4) is 0 Å². The molecule has 106 valence electrons. The lowest BCUT2D eigenvalue weighted by Crippen LogP contribution is -2.22. The Kier molecular flexibility index (Phi) is 3.24. The highest BCUT2D eigenvalue weighted by Crippen LogP contribution is 2.31. The fraction of sp³-hybridized carbons (Fsp3) is 0.333. The van der Waals surface area contributed by atoms with Gasteiger partial charge < -0.3 is 4.57 Å². The third-order valence-electron chi connectivity index (χ3n) is 2.73. The van der Waals surface area contributed by atoms with Crippen LogP contribution in [-0.4, -0.2) is 19.7 Å². The van der Waals surface area contributed by atoms with Gasteiger partial charge in [0.1, 0.15) is 12.1 Å². The molecule has 8 heteroatoms. The van der Waals surface area contributed by atoms with Crippen molar-refractivity contribution in [3.05, 3.63) is 40.2 Å². The number of nitro benzene ring substituents is 1. The van der Waals surface area contributed by atoms with Gasteiger partial charge in [0.2, 0.25) is 5.82 Å². The summed E-state index contributed by atoms with van der Waals surface area (Å²) in [4.78, 5) is 9.76. The molecule has 2 aromatic rings. The van der Waals surface area contributed by atoms with Gasteiger partial charge >= 0.3 is 5.69 Å². The van der Waals surface area contributed by atoms with Crippen LogP contribution in [0.1, 0.15) is 20.8 Å². The van der Waals surface area contributed by atoms with Gasteiger partial charge in [-0.25, -0.2) is 4.39 Å². The van der Waals surface area contributed by atoms with Gasteiger partial charge in [0.05, 0.1) is 16.6 Å². The molecule has 1 heterocycles. The Bertz CT molecular complexity index is 677. The van der Waals surface area contributed by atoms with Crippen molar-refractivity contribution < 1.29 is 13.7 Å². The van der Waals surface area contributed by atoms with Crippen molar-refractivity contribution in [2.75, 3.05) is 0 Å². The van der Waals surface area contributed by atoms with Crippen LogP contribution in [0.15, 0.2) is 18.5 Å². The van der Waals surface area contributed by atoms with Gasteiger partial charge in [-0.15, -0.1) is 10.2 Å². The van der Waals surface area contributed by atoms with Crippen LogP contribution in [-0.2, 0) is 5.54 Å². The molecule has 0 unspecified atom stereocenters. The van der Waals surface area contributed by atoms with Gasteiger partial charge in [0, 0.05) is 5.54 Å². The summed E-state index contributed by atoms with van der Waals surface area (Å²) in [6, 6.07) is 1.41. The topological polar surface area (TPSA) is 73.8 Å². The van der Waals surface area contributed by atoms with E-state index in [9.17, 15) is 18.9 Å². The SMILES string of the molecule is CC(C)(C)n1cnnc1-c1cc(F)cc([N+](=O)[O-])c1F. The van der Waals surface area contributed by atoms with Crippen LogP contribution in [0.5, 0.6) is 0 Å². The predicted octanol–water partition coefficient (Wildman–Crippen LogP) is 2.89. The van der Waals surface area contributed by atoms with Crippen molar-refractivity contribution in [1.29, 1.82) is 0 Å².